The number of carbonyl (C=O) groups is 1. The van der Waals surface area contributed by atoms with Crippen LogP contribution in [-0.2, 0) is 12.8 Å². The Morgan fingerprint density at radius 2 is 2.12 bits per heavy atom. The number of carboxylic acid groups (broad SMARTS) is 1. The van der Waals surface area contributed by atoms with Crippen molar-refractivity contribution < 1.29 is 14.3 Å². The Bertz CT molecular complexity index is 536. The molecule has 0 aliphatic carbocycles. The van der Waals surface area contributed by atoms with E-state index < -0.39 is 5.97 Å². The molecule has 5 heteroatoms. The average molecular weight is 252 g/mol. The molecule has 0 bridgehead atoms. The van der Waals surface area contributed by atoms with Crippen LogP contribution in [0.25, 0.3) is 0 Å². The molecule has 0 saturated heterocycles. The Labute approximate surface area is 103 Å². The molecule has 1 aromatic heterocycles. The molecule has 4 nitrogen and oxygen atoms in total. The predicted molar refractivity (Wildman–Crippen MR) is 62.3 cm³/mol. The summed E-state index contributed by atoms with van der Waals surface area (Å²) in [6.45, 7) is 0. The Hall–Kier alpha value is -1.81. The summed E-state index contributed by atoms with van der Waals surface area (Å²) in [5, 5.41) is 9.38. The predicted octanol–water partition coefficient (Wildman–Crippen LogP) is 2.81. The third-order valence-corrected chi connectivity index (χ3v) is 2.71. The molecule has 0 saturated carbocycles. The highest BCUT2D eigenvalue weighted by Gasteiger charge is 2.10. The molecule has 2 rings (SSSR count). The molecular formula is C12H10ClNO3. The molecule has 88 valence electrons. The van der Waals surface area contributed by atoms with Gasteiger partial charge in [-0.25, -0.2) is 9.78 Å². The summed E-state index contributed by atoms with van der Waals surface area (Å²) < 4.78 is 5.05. The van der Waals surface area contributed by atoms with E-state index in [-0.39, 0.29) is 5.69 Å². The van der Waals surface area contributed by atoms with Crippen molar-refractivity contribution >= 4 is 17.6 Å². The summed E-state index contributed by atoms with van der Waals surface area (Å²) in [6.07, 6.45) is 2.33. The van der Waals surface area contributed by atoms with Crippen molar-refractivity contribution in [2.45, 2.75) is 12.8 Å². The Morgan fingerprint density at radius 3 is 2.76 bits per heavy atom. The lowest BCUT2D eigenvalue weighted by Gasteiger charge is -2.00. The lowest BCUT2D eigenvalue weighted by Crippen LogP contribution is -1.97. The van der Waals surface area contributed by atoms with Crippen molar-refractivity contribution in [1.82, 2.24) is 4.98 Å². The molecule has 0 unspecified atom stereocenters. The van der Waals surface area contributed by atoms with Crippen LogP contribution in [0.1, 0.15) is 21.9 Å². The van der Waals surface area contributed by atoms with E-state index in [1.807, 2.05) is 24.3 Å². The van der Waals surface area contributed by atoms with Crippen molar-refractivity contribution in [1.29, 1.82) is 0 Å². The summed E-state index contributed by atoms with van der Waals surface area (Å²) in [5.74, 6) is -0.680. The normalized spacial score (nSPS) is 10.4. The number of aryl methyl sites for hydroxylation is 2. The largest absolute Gasteiger partial charge is 0.476 e. The van der Waals surface area contributed by atoms with Crippen LogP contribution in [-0.4, -0.2) is 16.1 Å². The molecule has 0 fully saturated rings. The van der Waals surface area contributed by atoms with Gasteiger partial charge in [0.05, 0.1) is 0 Å². The minimum Gasteiger partial charge on any atom is -0.476 e. The highest BCUT2D eigenvalue weighted by molar-refractivity contribution is 6.31. The Balaban J connectivity index is 2.02. The van der Waals surface area contributed by atoms with Gasteiger partial charge in [0.2, 0.25) is 0 Å². The second kappa shape index (κ2) is 5.01. The average Bonchev–Trinajstić information content (AvgIpc) is 2.77. The number of benzene rings is 1. The van der Waals surface area contributed by atoms with E-state index in [0.717, 1.165) is 11.8 Å². The molecule has 0 amide bonds. The van der Waals surface area contributed by atoms with Crippen LogP contribution in [0.15, 0.2) is 34.9 Å². The monoisotopic (exact) mass is 251 g/mol. The van der Waals surface area contributed by atoms with Crippen molar-refractivity contribution in [3.63, 3.8) is 0 Å². The molecule has 2 aromatic rings. The molecule has 1 N–H and O–H groups in total. The van der Waals surface area contributed by atoms with Gasteiger partial charge >= 0.3 is 5.97 Å². The third-order valence-electron chi connectivity index (χ3n) is 2.34. The number of hydrogen-bond donors (Lipinski definition) is 1. The molecule has 1 heterocycles. The van der Waals surface area contributed by atoms with Crippen molar-refractivity contribution in [3.05, 3.63) is 52.7 Å². The molecule has 17 heavy (non-hydrogen) atoms. The summed E-state index contributed by atoms with van der Waals surface area (Å²) in [7, 11) is 0. The SMILES string of the molecule is O=C(O)c1coc(CCc2ccccc2Cl)n1. The molecular weight excluding hydrogens is 242 g/mol. The number of oxazole rings is 1. The van der Waals surface area contributed by atoms with Crippen LogP contribution in [0.5, 0.6) is 0 Å². The standard InChI is InChI=1S/C12H10ClNO3/c13-9-4-2-1-3-8(9)5-6-11-14-10(7-17-11)12(15)16/h1-4,7H,5-6H2,(H,15,16). The van der Waals surface area contributed by atoms with Crippen LogP contribution < -0.4 is 0 Å². The second-order valence-electron chi connectivity index (χ2n) is 3.52. The van der Waals surface area contributed by atoms with Gasteiger partial charge in [0.1, 0.15) is 6.26 Å². The first kappa shape index (κ1) is 11.7. The number of nitrogens with zero attached hydrogens (tertiary/aromatic N) is 1. The second-order valence-corrected chi connectivity index (χ2v) is 3.93. The molecule has 1 aromatic carbocycles. The molecule has 0 aliphatic heterocycles. The summed E-state index contributed by atoms with van der Waals surface area (Å²) in [4.78, 5) is 14.4. The highest BCUT2D eigenvalue weighted by Crippen LogP contribution is 2.17. The first-order chi connectivity index (χ1) is 8.16. The highest BCUT2D eigenvalue weighted by atomic mass is 35.5. The van der Waals surface area contributed by atoms with Crippen molar-refractivity contribution in [2.75, 3.05) is 0 Å². The van der Waals surface area contributed by atoms with Crippen LogP contribution in [0.3, 0.4) is 0 Å². The molecule has 0 radical (unpaired) electrons. The summed E-state index contributed by atoms with van der Waals surface area (Å²) >= 11 is 6.00. The van der Waals surface area contributed by atoms with Crippen LogP contribution >= 0.6 is 11.6 Å². The van der Waals surface area contributed by atoms with E-state index >= 15 is 0 Å². The Morgan fingerprint density at radius 1 is 1.35 bits per heavy atom. The zero-order chi connectivity index (χ0) is 12.3. The number of rotatable bonds is 4. The fourth-order valence-corrected chi connectivity index (χ4v) is 1.70. The molecule has 0 atom stereocenters. The lowest BCUT2D eigenvalue weighted by atomic mass is 10.1. The third kappa shape index (κ3) is 2.85. The topological polar surface area (TPSA) is 63.3 Å². The number of halogens is 1. The fraction of sp³-hybridized carbons (Fsp3) is 0.167. The minimum atomic E-state index is -1.09. The maximum atomic E-state index is 10.6. The van der Waals surface area contributed by atoms with Gasteiger partial charge in [0.15, 0.2) is 11.6 Å². The van der Waals surface area contributed by atoms with Gasteiger partial charge in [0.25, 0.3) is 0 Å². The van der Waals surface area contributed by atoms with Crippen molar-refractivity contribution in [2.24, 2.45) is 0 Å². The van der Waals surface area contributed by atoms with Gasteiger partial charge in [-0.05, 0) is 18.1 Å². The maximum absolute atomic E-state index is 10.6. The summed E-state index contributed by atoms with van der Waals surface area (Å²) in [5.41, 5.74) is 0.920. The van der Waals surface area contributed by atoms with E-state index in [4.69, 9.17) is 21.1 Å². The Kier molecular flexibility index (Phi) is 3.44. The summed E-state index contributed by atoms with van der Waals surface area (Å²) in [6, 6.07) is 7.50. The number of aromatic carboxylic acids is 1. The lowest BCUT2D eigenvalue weighted by molar-refractivity contribution is 0.0690. The van der Waals surface area contributed by atoms with Gasteiger partial charge in [-0.1, -0.05) is 29.8 Å². The van der Waals surface area contributed by atoms with Gasteiger partial charge in [-0.3, -0.25) is 0 Å². The van der Waals surface area contributed by atoms with Crippen LogP contribution in [0, 0.1) is 0 Å². The van der Waals surface area contributed by atoms with E-state index in [2.05, 4.69) is 4.98 Å². The number of hydrogen-bond acceptors (Lipinski definition) is 3. The quantitative estimate of drug-likeness (QED) is 0.908. The first-order valence-electron chi connectivity index (χ1n) is 5.08. The minimum absolute atomic E-state index is 0.0702. The van der Waals surface area contributed by atoms with E-state index in [1.165, 1.54) is 0 Å². The molecule has 0 spiro atoms. The van der Waals surface area contributed by atoms with Gasteiger partial charge in [-0.15, -0.1) is 0 Å². The zero-order valence-corrected chi connectivity index (χ0v) is 9.65. The van der Waals surface area contributed by atoms with Gasteiger partial charge < -0.3 is 9.52 Å². The first-order valence-corrected chi connectivity index (χ1v) is 5.45. The van der Waals surface area contributed by atoms with Crippen molar-refractivity contribution in [3.8, 4) is 0 Å². The van der Waals surface area contributed by atoms with Gasteiger partial charge in [0, 0.05) is 11.4 Å². The van der Waals surface area contributed by atoms with E-state index in [9.17, 15) is 4.79 Å². The zero-order valence-electron chi connectivity index (χ0n) is 8.89. The van der Waals surface area contributed by atoms with Crippen LogP contribution in [0.2, 0.25) is 5.02 Å². The smallest absolute Gasteiger partial charge is 0.357 e. The van der Waals surface area contributed by atoms with E-state index in [1.54, 1.807) is 0 Å². The number of carboxylic acids is 1. The molecule has 0 aliphatic rings. The fourth-order valence-electron chi connectivity index (χ4n) is 1.47. The van der Waals surface area contributed by atoms with Gasteiger partial charge in [-0.2, -0.15) is 0 Å². The maximum Gasteiger partial charge on any atom is 0.357 e. The van der Waals surface area contributed by atoms with E-state index in [0.29, 0.717) is 23.8 Å². The number of aromatic nitrogens is 1. The van der Waals surface area contributed by atoms with Crippen LogP contribution in [0.4, 0.5) is 0 Å².